The van der Waals surface area contributed by atoms with Crippen molar-refractivity contribution >= 4 is 11.7 Å². The Kier molecular flexibility index (Phi) is 4.91. The zero-order chi connectivity index (χ0) is 16.4. The van der Waals surface area contributed by atoms with E-state index in [1.165, 1.54) is 0 Å². The summed E-state index contributed by atoms with van der Waals surface area (Å²) in [5, 5.41) is 4.88. The summed E-state index contributed by atoms with van der Waals surface area (Å²) < 4.78 is 39.4. The summed E-state index contributed by atoms with van der Waals surface area (Å²) >= 11 is 0. The molecular formula is C15H21F3N2O. The van der Waals surface area contributed by atoms with Gasteiger partial charge in [-0.1, -0.05) is 20.8 Å². The molecule has 0 aromatic heterocycles. The number of halogens is 3. The molecule has 0 bridgehead atoms. The maximum Gasteiger partial charge on any atom is 0.319 e. The van der Waals surface area contributed by atoms with Gasteiger partial charge in [0.1, 0.15) is 0 Å². The van der Waals surface area contributed by atoms with Gasteiger partial charge in [0.05, 0.1) is 5.69 Å². The van der Waals surface area contributed by atoms with Gasteiger partial charge in [0, 0.05) is 5.54 Å². The van der Waals surface area contributed by atoms with Crippen LogP contribution < -0.4 is 10.6 Å². The van der Waals surface area contributed by atoms with Crippen molar-refractivity contribution in [1.29, 1.82) is 0 Å². The van der Waals surface area contributed by atoms with Crippen LogP contribution in [0.3, 0.4) is 0 Å². The van der Waals surface area contributed by atoms with E-state index in [2.05, 4.69) is 10.6 Å². The lowest BCUT2D eigenvalue weighted by Gasteiger charge is -2.33. The summed E-state index contributed by atoms with van der Waals surface area (Å²) in [6.45, 7) is 9.76. The van der Waals surface area contributed by atoms with Crippen molar-refractivity contribution < 1.29 is 18.0 Å². The predicted molar refractivity (Wildman–Crippen MR) is 76.6 cm³/mol. The van der Waals surface area contributed by atoms with Crippen LogP contribution >= 0.6 is 0 Å². The first kappa shape index (κ1) is 17.3. The molecule has 1 aromatic carbocycles. The lowest BCUT2D eigenvalue weighted by atomic mass is 9.82. The third-order valence-corrected chi connectivity index (χ3v) is 2.71. The third kappa shape index (κ3) is 5.28. The molecule has 0 heterocycles. The Labute approximate surface area is 122 Å². The highest BCUT2D eigenvalue weighted by Crippen LogP contribution is 2.27. The van der Waals surface area contributed by atoms with Crippen LogP contribution in [-0.2, 0) is 0 Å². The topological polar surface area (TPSA) is 41.1 Å². The number of urea groups is 1. The zero-order valence-electron chi connectivity index (χ0n) is 12.9. The number of anilines is 1. The van der Waals surface area contributed by atoms with E-state index >= 15 is 0 Å². The minimum Gasteiger partial charge on any atom is -0.333 e. The van der Waals surface area contributed by atoms with Crippen molar-refractivity contribution in [1.82, 2.24) is 5.32 Å². The first-order valence-corrected chi connectivity index (χ1v) is 6.64. The van der Waals surface area contributed by atoms with Crippen molar-refractivity contribution in [3.05, 3.63) is 29.6 Å². The average Bonchev–Trinajstić information content (AvgIpc) is 2.26. The largest absolute Gasteiger partial charge is 0.333 e. The van der Waals surface area contributed by atoms with Gasteiger partial charge in [0.2, 0.25) is 0 Å². The van der Waals surface area contributed by atoms with Gasteiger partial charge in [0.15, 0.2) is 17.5 Å². The lowest BCUT2D eigenvalue weighted by Crippen LogP contribution is -2.47. The van der Waals surface area contributed by atoms with E-state index in [1.807, 2.05) is 34.6 Å². The van der Waals surface area contributed by atoms with Gasteiger partial charge in [0.25, 0.3) is 0 Å². The van der Waals surface area contributed by atoms with E-state index < -0.39 is 34.7 Å². The maximum atomic E-state index is 13.5. The van der Waals surface area contributed by atoms with Crippen LogP contribution in [-0.4, -0.2) is 11.6 Å². The number of carbonyl (C=O) groups excluding carboxylic acids is 1. The van der Waals surface area contributed by atoms with Crippen LogP contribution in [0.15, 0.2) is 12.1 Å². The molecule has 0 radical (unpaired) electrons. The molecule has 0 atom stereocenters. The van der Waals surface area contributed by atoms with Gasteiger partial charge in [-0.25, -0.2) is 18.0 Å². The normalized spacial score (nSPS) is 12.2. The predicted octanol–water partition coefficient (Wildman–Crippen LogP) is 4.44. The Morgan fingerprint density at radius 1 is 1.05 bits per heavy atom. The molecule has 0 unspecified atom stereocenters. The second-order valence-electron chi connectivity index (χ2n) is 6.92. The number of hydrogen-bond acceptors (Lipinski definition) is 1. The fraction of sp³-hybridized carbons (Fsp3) is 0.533. The quantitative estimate of drug-likeness (QED) is 0.796. The Balaban J connectivity index is 2.77. The van der Waals surface area contributed by atoms with Crippen LogP contribution in [0, 0.1) is 22.9 Å². The molecule has 0 aliphatic rings. The minimum absolute atomic E-state index is 0.00991. The van der Waals surface area contributed by atoms with Gasteiger partial charge in [-0.2, -0.15) is 0 Å². The fourth-order valence-corrected chi connectivity index (χ4v) is 2.45. The number of carbonyl (C=O) groups is 1. The van der Waals surface area contributed by atoms with Crippen LogP contribution in [0.1, 0.15) is 41.0 Å². The third-order valence-electron chi connectivity index (χ3n) is 2.71. The molecular weight excluding hydrogens is 281 g/mol. The van der Waals surface area contributed by atoms with Crippen molar-refractivity contribution in [2.24, 2.45) is 5.41 Å². The van der Waals surface area contributed by atoms with Gasteiger partial charge in [-0.05, 0) is 37.8 Å². The minimum atomic E-state index is -1.61. The Hall–Kier alpha value is -1.72. The second kappa shape index (κ2) is 5.95. The molecule has 1 aromatic rings. The summed E-state index contributed by atoms with van der Waals surface area (Å²) in [7, 11) is 0. The summed E-state index contributed by atoms with van der Waals surface area (Å²) in [5.74, 6) is -4.33. The molecule has 0 spiro atoms. The summed E-state index contributed by atoms with van der Waals surface area (Å²) in [6, 6.07) is 1.06. The van der Waals surface area contributed by atoms with E-state index in [9.17, 15) is 18.0 Å². The molecule has 2 N–H and O–H groups in total. The number of rotatable bonds is 3. The number of nitrogens with one attached hydrogen (secondary N) is 2. The molecule has 0 aliphatic carbocycles. The zero-order valence-corrected chi connectivity index (χ0v) is 12.9. The molecule has 118 valence electrons. The Morgan fingerprint density at radius 2 is 1.62 bits per heavy atom. The fourth-order valence-electron chi connectivity index (χ4n) is 2.45. The molecule has 3 nitrogen and oxygen atoms in total. The average molecular weight is 302 g/mol. The van der Waals surface area contributed by atoms with E-state index in [0.717, 1.165) is 12.1 Å². The standard InChI is InChI=1S/C15H21F3N2O/c1-14(2,3)8-15(4,5)20-13(21)19-10-7-6-9(16)11(17)12(10)18/h6-7H,8H2,1-5H3,(H2,19,20,21). The van der Waals surface area contributed by atoms with Crippen molar-refractivity contribution in [3.8, 4) is 0 Å². The molecule has 6 heteroatoms. The second-order valence-corrected chi connectivity index (χ2v) is 6.92. The molecule has 0 fully saturated rings. The monoisotopic (exact) mass is 302 g/mol. The van der Waals surface area contributed by atoms with Gasteiger partial charge in [-0.15, -0.1) is 0 Å². The van der Waals surface area contributed by atoms with Crippen LogP contribution in [0.2, 0.25) is 0 Å². The van der Waals surface area contributed by atoms with Crippen molar-refractivity contribution in [2.75, 3.05) is 5.32 Å². The lowest BCUT2D eigenvalue weighted by molar-refractivity contribution is 0.220. The van der Waals surface area contributed by atoms with Crippen LogP contribution in [0.25, 0.3) is 0 Å². The van der Waals surface area contributed by atoms with E-state index in [1.54, 1.807) is 0 Å². The van der Waals surface area contributed by atoms with Crippen molar-refractivity contribution in [2.45, 2.75) is 46.6 Å². The van der Waals surface area contributed by atoms with Crippen LogP contribution in [0.5, 0.6) is 0 Å². The molecule has 21 heavy (non-hydrogen) atoms. The molecule has 0 aliphatic heterocycles. The molecule has 2 amide bonds. The van der Waals surface area contributed by atoms with Gasteiger partial charge >= 0.3 is 6.03 Å². The summed E-state index contributed by atoms with van der Waals surface area (Å²) in [4.78, 5) is 11.9. The number of hydrogen-bond donors (Lipinski definition) is 2. The highest BCUT2D eigenvalue weighted by atomic mass is 19.2. The highest BCUT2D eigenvalue weighted by Gasteiger charge is 2.27. The first-order valence-electron chi connectivity index (χ1n) is 6.64. The number of amides is 2. The van der Waals surface area contributed by atoms with Gasteiger partial charge in [-0.3, -0.25) is 0 Å². The van der Waals surface area contributed by atoms with Crippen molar-refractivity contribution in [3.63, 3.8) is 0 Å². The first-order chi connectivity index (χ1) is 9.41. The maximum absolute atomic E-state index is 13.5. The van der Waals surface area contributed by atoms with E-state index in [4.69, 9.17) is 0 Å². The SMILES string of the molecule is CC(C)(C)CC(C)(C)NC(=O)Nc1ccc(F)c(F)c1F. The van der Waals surface area contributed by atoms with Crippen LogP contribution in [0.4, 0.5) is 23.7 Å². The smallest absolute Gasteiger partial charge is 0.319 e. The van der Waals surface area contributed by atoms with E-state index in [0.29, 0.717) is 6.42 Å². The Bertz CT molecular complexity index is 536. The summed E-state index contributed by atoms with van der Waals surface area (Å²) in [5.41, 5.74) is -0.945. The van der Waals surface area contributed by atoms with E-state index in [-0.39, 0.29) is 5.41 Å². The molecule has 0 saturated heterocycles. The highest BCUT2D eigenvalue weighted by molar-refractivity contribution is 5.89. The molecule has 0 saturated carbocycles. The van der Waals surface area contributed by atoms with Gasteiger partial charge < -0.3 is 10.6 Å². The number of benzene rings is 1. The molecule has 1 rings (SSSR count). The summed E-state index contributed by atoms with van der Waals surface area (Å²) in [6.07, 6.45) is 0.688. The Morgan fingerprint density at radius 3 is 2.14 bits per heavy atom.